The minimum atomic E-state index is 0.561. The van der Waals surface area contributed by atoms with E-state index in [1.165, 1.54) is 0 Å². The Labute approximate surface area is 81.6 Å². The molecule has 0 fully saturated rings. The van der Waals surface area contributed by atoms with E-state index in [1.54, 1.807) is 10.9 Å². The summed E-state index contributed by atoms with van der Waals surface area (Å²) in [4.78, 5) is 4.18. The summed E-state index contributed by atoms with van der Waals surface area (Å²) in [5, 5.41) is 7.93. The number of aromatic nitrogens is 4. The van der Waals surface area contributed by atoms with Gasteiger partial charge in [-0.05, 0) is 12.1 Å². The Kier molecular flexibility index (Phi) is 2.51. The fraction of sp³-hybridized carbons (Fsp3) is 0.222. The molecular formula is C9H11N5. The largest absolute Gasteiger partial charge is 0.329 e. The fourth-order valence-electron chi connectivity index (χ4n) is 1.17. The van der Waals surface area contributed by atoms with Gasteiger partial charge in [0, 0.05) is 12.7 Å². The molecule has 0 unspecified atom stereocenters. The van der Waals surface area contributed by atoms with E-state index in [4.69, 9.17) is 5.73 Å². The summed E-state index contributed by atoms with van der Waals surface area (Å²) in [5.74, 6) is 0. The zero-order valence-electron chi connectivity index (χ0n) is 7.67. The minimum Gasteiger partial charge on any atom is -0.329 e. The molecule has 5 heteroatoms. The van der Waals surface area contributed by atoms with Gasteiger partial charge in [-0.1, -0.05) is 11.3 Å². The van der Waals surface area contributed by atoms with E-state index in [0.717, 1.165) is 11.4 Å². The third kappa shape index (κ3) is 1.77. The Morgan fingerprint density at radius 2 is 2.21 bits per heavy atom. The molecule has 0 aliphatic heterocycles. The SMILES string of the molecule is NCCn1cc(-c2ccccn2)nn1. The molecule has 5 nitrogen and oxygen atoms in total. The lowest BCUT2D eigenvalue weighted by molar-refractivity contribution is 0.598. The van der Waals surface area contributed by atoms with Crippen LogP contribution in [0, 0.1) is 0 Å². The summed E-state index contributed by atoms with van der Waals surface area (Å²) in [6, 6.07) is 5.69. The summed E-state index contributed by atoms with van der Waals surface area (Å²) >= 11 is 0. The van der Waals surface area contributed by atoms with Crippen LogP contribution >= 0.6 is 0 Å². The number of rotatable bonds is 3. The van der Waals surface area contributed by atoms with E-state index in [-0.39, 0.29) is 0 Å². The number of nitrogens with zero attached hydrogens (tertiary/aromatic N) is 4. The van der Waals surface area contributed by atoms with Gasteiger partial charge in [0.25, 0.3) is 0 Å². The monoisotopic (exact) mass is 189 g/mol. The van der Waals surface area contributed by atoms with Crippen LogP contribution in [0.25, 0.3) is 11.4 Å². The Hall–Kier alpha value is -1.75. The smallest absolute Gasteiger partial charge is 0.131 e. The third-order valence-electron chi connectivity index (χ3n) is 1.82. The van der Waals surface area contributed by atoms with Gasteiger partial charge < -0.3 is 5.73 Å². The predicted octanol–water partition coefficient (Wildman–Crippen LogP) is 0.299. The molecule has 0 aliphatic rings. The molecule has 0 saturated carbocycles. The van der Waals surface area contributed by atoms with Crippen LogP contribution in [0.3, 0.4) is 0 Å². The Morgan fingerprint density at radius 3 is 2.93 bits per heavy atom. The van der Waals surface area contributed by atoms with Crippen molar-refractivity contribution in [2.24, 2.45) is 5.73 Å². The second-order valence-electron chi connectivity index (χ2n) is 2.87. The summed E-state index contributed by atoms with van der Waals surface area (Å²) in [7, 11) is 0. The summed E-state index contributed by atoms with van der Waals surface area (Å²) in [5.41, 5.74) is 7.01. The lowest BCUT2D eigenvalue weighted by Crippen LogP contribution is -2.10. The van der Waals surface area contributed by atoms with Crippen molar-refractivity contribution in [3.8, 4) is 11.4 Å². The standard InChI is InChI=1S/C9H11N5/c10-4-6-14-7-9(12-13-14)8-3-1-2-5-11-8/h1-3,5,7H,4,6,10H2. The number of hydrogen-bond acceptors (Lipinski definition) is 4. The zero-order chi connectivity index (χ0) is 9.80. The fourth-order valence-corrected chi connectivity index (χ4v) is 1.17. The van der Waals surface area contributed by atoms with Crippen molar-refractivity contribution < 1.29 is 0 Å². The highest BCUT2D eigenvalue weighted by molar-refractivity contribution is 5.51. The van der Waals surface area contributed by atoms with Crippen molar-refractivity contribution >= 4 is 0 Å². The molecule has 0 radical (unpaired) electrons. The Balaban J connectivity index is 2.25. The molecule has 2 rings (SSSR count). The molecule has 0 atom stereocenters. The van der Waals surface area contributed by atoms with Crippen LogP contribution in [0.5, 0.6) is 0 Å². The lowest BCUT2D eigenvalue weighted by Gasteiger charge is -1.93. The van der Waals surface area contributed by atoms with Gasteiger partial charge in [0.1, 0.15) is 5.69 Å². The molecule has 0 spiro atoms. The molecule has 2 N–H and O–H groups in total. The molecule has 0 bridgehead atoms. The second kappa shape index (κ2) is 3.97. The van der Waals surface area contributed by atoms with Crippen molar-refractivity contribution in [3.63, 3.8) is 0 Å². The molecule has 0 aromatic carbocycles. The molecule has 2 aromatic heterocycles. The lowest BCUT2D eigenvalue weighted by atomic mass is 10.3. The Morgan fingerprint density at radius 1 is 1.29 bits per heavy atom. The summed E-state index contributed by atoms with van der Waals surface area (Å²) in [6.45, 7) is 1.24. The summed E-state index contributed by atoms with van der Waals surface area (Å²) < 4.78 is 1.71. The molecule has 2 aromatic rings. The van der Waals surface area contributed by atoms with Gasteiger partial charge in [-0.15, -0.1) is 5.10 Å². The second-order valence-corrected chi connectivity index (χ2v) is 2.87. The first-order valence-electron chi connectivity index (χ1n) is 4.42. The van der Waals surface area contributed by atoms with Crippen LogP contribution in [-0.4, -0.2) is 26.5 Å². The minimum absolute atomic E-state index is 0.561. The van der Waals surface area contributed by atoms with Gasteiger partial charge in [-0.2, -0.15) is 0 Å². The molecule has 72 valence electrons. The van der Waals surface area contributed by atoms with Crippen LogP contribution in [0.1, 0.15) is 0 Å². The maximum absolute atomic E-state index is 5.40. The van der Waals surface area contributed by atoms with Crippen molar-refractivity contribution in [1.29, 1.82) is 0 Å². The van der Waals surface area contributed by atoms with Crippen LogP contribution in [-0.2, 0) is 6.54 Å². The molecular weight excluding hydrogens is 178 g/mol. The van der Waals surface area contributed by atoms with E-state index in [2.05, 4.69) is 15.3 Å². The van der Waals surface area contributed by atoms with Gasteiger partial charge in [-0.25, -0.2) is 0 Å². The van der Waals surface area contributed by atoms with Crippen LogP contribution < -0.4 is 5.73 Å². The van der Waals surface area contributed by atoms with Crippen LogP contribution in [0.4, 0.5) is 0 Å². The van der Waals surface area contributed by atoms with Crippen LogP contribution in [0.2, 0.25) is 0 Å². The molecule has 2 heterocycles. The summed E-state index contributed by atoms with van der Waals surface area (Å²) in [6.07, 6.45) is 3.58. The van der Waals surface area contributed by atoms with Crippen LogP contribution in [0.15, 0.2) is 30.6 Å². The normalized spacial score (nSPS) is 10.4. The van der Waals surface area contributed by atoms with Gasteiger partial charge in [0.05, 0.1) is 18.4 Å². The molecule has 0 amide bonds. The van der Waals surface area contributed by atoms with Crippen molar-refractivity contribution in [2.75, 3.05) is 6.54 Å². The number of nitrogens with two attached hydrogens (primary N) is 1. The van der Waals surface area contributed by atoms with E-state index < -0.39 is 0 Å². The zero-order valence-corrected chi connectivity index (χ0v) is 7.67. The maximum Gasteiger partial charge on any atom is 0.131 e. The van der Waals surface area contributed by atoms with Gasteiger partial charge in [0.15, 0.2) is 0 Å². The topological polar surface area (TPSA) is 69.6 Å². The first kappa shape index (κ1) is 8.83. The van der Waals surface area contributed by atoms with E-state index in [1.807, 2.05) is 24.4 Å². The van der Waals surface area contributed by atoms with Gasteiger partial charge in [0.2, 0.25) is 0 Å². The average Bonchev–Trinajstić information content (AvgIpc) is 2.68. The van der Waals surface area contributed by atoms with E-state index in [0.29, 0.717) is 13.1 Å². The quantitative estimate of drug-likeness (QED) is 0.753. The van der Waals surface area contributed by atoms with E-state index in [9.17, 15) is 0 Å². The van der Waals surface area contributed by atoms with E-state index >= 15 is 0 Å². The highest BCUT2D eigenvalue weighted by atomic mass is 15.4. The number of hydrogen-bond donors (Lipinski definition) is 1. The van der Waals surface area contributed by atoms with Crippen molar-refractivity contribution in [1.82, 2.24) is 20.0 Å². The molecule has 0 saturated heterocycles. The number of pyridine rings is 1. The van der Waals surface area contributed by atoms with Gasteiger partial charge in [-0.3, -0.25) is 9.67 Å². The third-order valence-corrected chi connectivity index (χ3v) is 1.82. The highest BCUT2D eigenvalue weighted by Gasteiger charge is 2.02. The molecule has 14 heavy (non-hydrogen) atoms. The Bertz CT molecular complexity index is 395. The van der Waals surface area contributed by atoms with Crippen molar-refractivity contribution in [3.05, 3.63) is 30.6 Å². The maximum atomic E-state index is 5.40. The first-order chi connectivity index (χ1) is 6.90. The first-order valence-corrected chi connectivity index (χ1v) is 4.42. The predicted molar refractivity (Wildman–Crippen MR) is 52.3 cm³/mol. The van der Waals surface area contributed by atoms with Crippen molar-refractivity contribution in [2.45, 2.75) is 6.54 Å². The van der Waals surface area contributed by atoms with Gasteiger partial charge >= 0.3 is 0 Å². The average molecular weight is 189 g/mol. The highest BCUT2D eigenvalue weighted by Crippen LogP contribution is 2.10. The molecule has 0 aliphatic carbocycles.